The maximum Gasteiger partial charge on any atom is 0.333 e. The van der Waals surface area contributed by atoms with Crippen molar-refractivity contribution in [3.63, 3.8) is 0 Å². The summed E-state index contributed by atoms with van der Waals surface area (Å²) in [4.78, 5) is 28.0. The maximum atomic E-state index is 13.0. The molecule has 0 bridgehead atoms. The first-order valence-corrected chi connectivity index (χ1v) is 12.3. The molecular weight excluding hydrogens is 460 g/mol. The highest BCUT2D eigenvalue weighted by Crippen LogP contribution is 2.21. The molecule has 2 aromatic heterocycles. The maximum absolute atomic E-state index is 13.0. The molecule has 0 saturated carbocycles. The second-order valence-electron chi connectivity index (χ2n) is 7.63. The molecule has 0 unspecified atom stereocenters. The van der Waals surface area contributed by atoms with E-state index >= 15 is 0 Å². The van der Waals surface area contributed by atoms with E-state index in [1.165, 1.54) is 10.6 Å². The number of carbonyl (C=O) groups is 1. The summed E-state index contributed by atoms with van der Waals surface area (Å²) < 4.78 is 28.2. The highest BCUT2D eigenvalue weighted by atomic mass is 32.2. The van der Waals surface area contributed by atoms with Crippen molar-refractivity contribution in [1.82, 2.24) is 9.29 Å². The Kier molecular flexibility index (Phi) is 5.96. The number of urea groups is 1. The van der Waals surface area contributed by atoms with Crippen molar-refractivity contribution in [3.8, 4) is 5.69 Å². The number of nitrogens with one attached hydrogen (secondary N) is 2. The van der Waals surface area contributed by atoms with Crippen molar-refractivity contribution < 1.29 is 13.2 Å². The van der Waals surface area contributed by atoms with Crippen LogP contribution in [0.4, 0.5) is 16.2 Å². The Bertz CT molecular complexity index is 1500. The van der Waals surface area contributed by atoms with Gasteiger partial charge < -0.3 is 10.2 Å². The molecule has 0 spiro atoms. The zero-order chi connectivity index (χ0) is 23.8. The Balaban J connectivity index is 1.52. The van der Waals surface area contributed by atoms with Crippen LogP contribution in [0.15, 0.2) is 75.9 Å². The highest BCUT2D eigenvalue weighted by Gasteiger charge is 2.19. The minimum absolute atomic E-state index is 0.0684. The summed E-state index contributed by atoms with van der Waals surface area (Å²) in [7, 11) is -0.0544. The quantitative estimate of drug-likeness (QED) is 0.449. The lowest BCUT2D eigenvalue weighted by atomic mass is 10.1. The average molecular weight is 483 g/mol. The topological polar surface area (TPSA) is 101 Å². The third-order valence-electron chi connectivity index (χ3n) is 5.01. The van der Waals surface area contributed by atoms with Gasteiger partial charge in [-0.2, -0.15) is 0 Å². The van der Waals surface area contributed by atoms with Crippen LogP contribution in [0, 0.1) is 6.92 Å². The summed E-state index contributed by atoms with van der Waals surface area (Å²) in [6.45, 7) is 1.78. The van der Waals surface area contributed by atoms with Gasteiger partial charge in [0.2, 0.25) is 0 Å². The van der Waals surface area contributed by atoms with Crippen molar-refractivity contribution in [2.24, 2.45) is 0 Å². The van der Waals surface area contributed by atoms with E-state index in [-0.39, 0.29) is 9.77 Å². The van der Waals surface area contributed by atoms with E-state index in [1.807, 2.05) is 41.9 Å². The molecule has 10 heteroatoms. The number of thiophene rings is 1. The number of aryl methyl sites for hydroxylation is 1. The van der Waals surface area contributed by atoms with Gasteiger partial charge >= 0.3 is 6.03 Å². The molecular formula is C23H22N4O4S2. The van der Waals surface area contributed by atoms with Crippen molar-refractivity contribution in [3.05, 3.63) is 82.1 Å². The number of pyridine rings is 1. The van der Waals surface area contributed by atoms with E-state index < -0.39 is 16.1 Å². The number of sulfonamides is 1. The molecule has 0 aliphatic rings. The second-order valence-corrected chi connectivity index (χ2v) is 10.8. The van der Waals surface area contributed by atoms with Crippen LogP contribution in [0.5, 0.6) is 0 Å². The van der Waals surface area contributed by atoms with Gasteiger partial charge in [0.05, 0.1) is 0 Å². The summed E-state index contributed by atoms with van der Waals surface area (Å²) in [6, 6.07) is 16.3. The van der Waals surface area contributed by atoms with Gasteiger partial charge in [0, 0.05) is 47.6 Å². The molecule has 0 saturated heterocycles. The summed E-state index contributed by atoms with van der Waals surface area (Å²) in [5.74, 6) is 0. The van der Waals surface area contributed by atoms with Gasteiger partial charge in [0.25, 0.3) is 15.6 Å². The van der Waals surface area contributed by atoms with Crippen LogP contribution in [0.25, 0.3) is 16.5 Å². The third kappa shape index (κ3) is 4.76. The first-order chi connectivity index (χ1) is 15.6. The number of rotatable bonds is 5. The molecule has 4 aromatic rings. The monoisotopic (exact) mass is 482 g/mol. The fourth-order valence-electron chi connectivity index (χ4n) is 3.31. The Hall–Kier alpha value is -3.63. The van der Waals surface area contributed by atoms with Crippen LogP contribution in [-0.2, 0) is 10.0 Å². The predicted molar refractivity (Wildman–Crippen MR) is 132 cm³/mol. The summed E-state index contributed by atoms with van der Waals surface area (Å²) in [6.07, 6.45) is 1.70. The number of anilines is 2. The minimum atomic E-state index is -3.94. The molecule has 0 radical (unpaired) electrons. The Morgan fingerprint density at radius 3 is 2.36 bits per heavy atom. The highest BCUT2D eigenvalue weighted by molar-refractivity contribution is 7.92. The average Bonchev–Trinajstić information content (AvgIpc) is 3.21. The van der Waals surface area contributed by atoms with Crippen molar-refractivity contribution in [2.45, 2.75) is 11.1 Å². The number of amides is 2. The van der Waals surface area contributed by atoms with E-state index in [0.29, 0.717) is 16.8 Å². The standard InChI is InChI=1S/C23H22N4O4S2/c1-15-4-11-21(32-15)33(30,31)25-23(29)24-17-5-7-18(8-6-17)27-13-12-16-14-19(26(2)3)9-10-20(16)22(27)28/h4-14H,1-3H3,(H2,24,25,29). The Morgan fingerprint density at radius 2 is 1.73 bits per heavy atom. The van der Waals surface area contributed by atoms with Gasteiger partial charge in [0.15, 0.2) is 0 Å². The van der Waals surface area contributed by atoms with E-state index in [1.54, 1.807) is 49.5 Å². The van der Waals surface area contributed by atoms with E-state index in [0.717, 1.165) is 27.3 Å². The van der Waals surface area contributed by atoms with Gasteiger partial charge in [-0.1, -0.05) is 0 Å². The lowest BCUT2D eigenvalue weighted by Gasteiger charge is -2.14. The molecule has 2 N–H and O–H groups in total. The number of carbonyl (C=O) groups excluding carboxylic acids is 1. The molecule has 0 aliphatic heterocycles. The van der Waals surface area contributed by atoms with Crippen molar-refractivity contribution >= 4 is 49.5 Å². The molecule has 33 heavy (non-hydrogen) atoms. The second kappa shape index (κ2) is 8.72. The van der Waals surface area contributed by atoms with Gasteiger partial charge in [-0.25, -0.2) is 17.9 Å². The smallest absolute Gasteiger partial charge is 0.333 e. The van der Waals surface area contributed by atoms with Crippen LogP contribution >= 0.6 is 11.3 Å². The van der Waals surface area contributed by atoms with Crippen LogP contribution in [0.1, 0.15) is 4.88 Å². The van der Waals surface area contributed by atoms with E-state index in [4.69, 9.17) is 0 Å². The van der Waals surface area contributed by atoms with E-state index in [9.17, 15) is 18.0 Å². The predicted octanol–water partition coefficient (Wildman–Crippen LogP) is 3.94. The van der Waals surface area contributed by atoms with E-state index in [2.05, 4.69) is 5.32 Å². The SMILES string of the molecule is Cc1ccc(S(=O)(=O)NC(=O)Nc2ccc(-n3ccc4cc(N(C)C)ccc4c3=O)cc2)s1. The number of fused-ring (bicyclic) bond motifs is 1. The van der Waals surface area contributed by atoms with Gasteiger partial charge in [-0.3, -0.25) is 9.36 Å². The summed E-state index contributed by atoms with van der Waals surface area (Å²) in [5.41, 5.74) is 1.85. The lowest BCUT2D eigenvalue weighted by molar-refractivity contribution is 0.256. The number of benzene rings is 2. The van der Waals surface area contributed by atoms with Crippen LogP contribution in [0.2, 0.25) is 0 Å². The Labute approximate surface area is 195 Å². The molecule has 0 atom stereocenters. The summed E-state index contributed by atoms with van der Waals surface area (Å²) >= 11 is 1.08. The number of nitrogens with zero attached hydrogens (tertiary/aromatic N) is 2. The number of hydrogen-bond acceptors (Lipinski definition) is 6. The van der Waals surface area contributed by atoms with Gasteiger partial charge in [-0.05, 0) is 73.0 Å². The molecule has 4 rings (SSSR count). The van der Waals surface area contributed by atoms with Crippen LogP contribution in [0.3, 0.4) is 0 Å². The van der Waals surface area contributed by atoms with Gasteiger partial charge in [0.1, 0.15) is 4.21 Å². The van der Waals surface area contributed by atoms with Crippen LogP contribution < -0.4 is 20.5 Å². The molecule has 0 fully saturated rings. The lowest BCUT2D eigenvalue weighted by Crippen LogP contribution is -2.33. The zero-order valence-electron chi connectivity index (χ0n) is 18.2. The fourth-order valence-corrected chi connectivity index (χ4v) is 5.50. The number of hydrogen-bond donors (Lipinski definition) is 2. The Morgan fingerprint density at radius 1 is 1.00 bits per heavy atom. The zero-order valence-corrected chi connectivity index (χ0v) is 19.8. The van der Waals surface area contributed by atoms with Crippen molar-refractivity contribution in [1.29, 1.82) is 0 Å². The third-order valence-corrected chi connectivity index (χ3v) is 7.84. The largest absolute Gasteiger partial charge is 0.378 e. The minimum Gasteiger partial charge on any atom is -0.378 e. The molecule has 2 heterocycles. The molecule has 2 aromatic carbocycles. The number of aromatic nitrogens is 1. The fraction of sp³-hybridized carbons (Fsp3) is 0.130. The van der Waals surface area contributed by atoms with Crippen LogP contribution in [-0.4, -0.2) is 33.1 Å². The van der Waals surface area contributed by atoms with Gasteiger partial charge in [-0.15, -0.1) is 11.3 Å². The first kappa shape index (κ1) is 22.6. The molecule has 0 aliphatic carbocycles. The molecule has 2 amide bonds. The normalized spacial score (nSPS) is 11.4. The molecule has 170 valence electrons. The van der Waals surface area contributed by atoms with Crippen molar-refractivity contribution in [2.75, 3.05) is 24.3 Å². The summed E-state index contributed by atoms with van der Waals surface area (Å²) in [5, 5.41) is 3.94. The first-order valence-electron chi connectivity index (χ1n) is 9.97. The molecule has 8 nitrogen and oxygen atoms in total.